The maximum atomic E-state index is 7.22. The Morgan fingerprint density at radius 3 is 0.556 bits per heavy atom. The van der Waals surface area contributed by atoms with E-state index in [0.717, 1.165) is 37.2 Å². The SMILES string of the molecule is c1ccc(P(c2ccccc2)c2ccc(P3(c4ccc(P(c5ccccc5)c5ccccc5)cc4)=NP(c4ccc(P(c5ccccc5)c5ccccc5)cc4)(c4ccc(P(c5ccccc5)c5ccccc5)cc4)=NP(c4ccc(P(c5ccccc5)c5ccccc5)cc4)(c4ccc5ccc6cccc7ccc4c5c67)=N3)cc2)cc1. The number of benzene rings is 19. The zero-order valence-electron chi connectivity index (χ0n) is 64.0. The van der Waals surface area contributed by atoms with Crippen molar-refractivity contribution in [2.75, 3.05) is 0 Å². The number of hydrogen-bond donors (Lipinski definition) is 0. The van der Waals surface area contributed by atoms with Crippen LogP contribution in [0.25, 0.3) is 32.3 Å². The lowest BCUT2D eigenvalue weighted by molar-refractivity contribution is 1.63. The Morgan fingerprint density at radius 2 is 0.316 bits per heavy atom. The van der Waals surface area contributed by atoms with Gasteiger partial charge in [0.2, 0.25) is 0 Å². The fourth-order valence-electron chi connectivity index (χ4n) is 16.7. The van der Waals surface area contributed by atoms with E-state index >= 15 is 0 Å². The van der Waals surface area contributed by atoms with Crippen LogP contribution in [0.5, 0.6) is 0 Å². The Morgan fingerprint density at radius 1 is 0.137 bits per heavy atom. The van der Waals surface area contributed by atoms with Crippen LogP contribution >= 0.6 is 61.2 Å². The van der Waals surface area contributed by atoms with Crippen LogP contribution in [0.2, 0.25) is 0 Å². The van der Waals surface area contributed by atoms with Gasteiger partial charge in [-0.15, -0.1) is 0 Å². The van der Waals surface area contributed by atoms with Crippen LogP contribution in [0.15, 0.2) is 493 Å². The first-order chi connectivity index (χ1) is 57.9. The quantitative estimate of drug-likeness (QED) is 0.0508. The van der Waals surface area contributed by atoms with Crippen LogP contribution in [0.1, 0.15) is 0 Å². The molecule has 0 saturated carbocycles. The van der Waals surface area contributed by atoms with Gasteiger partial charge in [0.1, 0.15) is 21.6 Å². The van der Waals surface area contributed by atoms with Crippen LogP contribution in [0.3, 0.4) is 0 Å². The Kier molecular flexibility index (Phi) is 21.3. The zero-order chi connectivity index (χ0) is 78.0. The Balaban J connectivity index is 0.952. The van der Waals surface area contributed by atoms with Gasteiger partial charge in [0.05, 0.1) is 0 Å². The topological polar surface area (TPSA) is 37.1 Å². The van der Waals surface area contributed by atoms with Gasteiger partial charge < -0.3 is 0 Å². The van der Waals surface area contributed by atoms with Crippen LogP contribution in [-0.4, -0.2) is 0 Å². The first-order valence-corrected chi connectivity index (χ1v) is 51.4. The van der Waals surface area contributed by atoms with E-state index < -0.39 is 61.2 Å². The van der Waals surface area contributed by atoms with Crippen LogP contribution in [0.4, 0.5) is 0 Å². The predicted molar refractivity (Wildman–Crippen MR) is 522 cm³/mol. The Bertz CT molecular complexity index is 6120. The molecule has 11 heteroatoms. The molecule has 0 aromatic heterocycles. The first-order valence-electron chi connectivity index (χ1n) is 39.6. The van der Waals surface area contributed by atoms with Gasteiger partial charge in [-0.1, -0.05) is 473 Å². The second-order valence-electron chi connectivity index (χ2n) is 29.1. The Labute approximate surface area is 692 Å². The van der Waals surface area contributed by atoms with Crippen molar-refractivity contribution in [3.63, 3.8) is 0 Å². The second-order valence-corrected chi connectivity index (χ2v) is 49.0. The highest BCUT2D eigenvalue weighted by atomic mass is 31.3. The van der Waals surface area contributed by atoms with Crippen molar-refractivity contribution in [2.24, 2.45) is 13.5 Å². The molecule has 117 heavy (non-hydrogen) atoms. The van der Waals surface area contributed by atoms with Crippen molar-refractivity contribution < 1.29 is 0 Å². The molecule has 0 N–H and O–H groups in total. The highest BCUT2D eigenvalue weighted by Gasteiger charge is 2.44. The molecule has 0 aliphatic carbocycles. The molecular weight excluding hydrogens is 1560 g/mol. The molecule has 1 unspecified atom stereocenters. The largest absolute Gasteiger partial charge is 0.223 e. The summed E-state index contributed by atoms with van der Waals surface area (Å²) in [5, 5.41) is 33.0. The van der Waals surface area contributed by atoms with Gasteiger partial charge in [-0.3, -0.25) is 0 Å². The first kappa shape index (κ1) is 74.8. The van der Waals surface area contributed by atoms with E-state index in [2.05, 4.69) is 479 Å². The van der Waals surface area contributed by atoms with Crippen molar-refractivity contribution in [2.45, 2.75) is 0 Å². The highest BCUT2D eigenvalue weighted by Crippen LogP contribution is 2.77. The molecule has 19 aromatic rings. The normalized spacial score (nSPS) is 14.4. The lowest BCUT2D eigenvalue weighted by Gasteiger charge is -2.39. The maximum Gasteiger partial charge on any atom is 0.139 e. The van der Waals surface area contributed by atoms with Gasteiger partial charge in [-0.05, 0) is 158 Å². The molecule has 0 saturated heterocycles. The van der Waals surface area contributed by atoms with Gasteiger partial charge >= 0.3 is 0 Å². The van der Waals surface area contributed by atoms with Crippen molar-refractivity contribution in [3.8, 4) is 0 Å². The lowest BCUT2D eigenvalue weighted by atomic mass is 9.94. The molecule has 20 rings (SSSR count). The molecule has 0 radical (unpaired) electrons. The minimum absolute atomic E-state index is 1.00. The third-order valence-corrected chi connectivity index (χ3v) is 46.7. The van der Waals surface area contributed by atoms with E-state index in [-0.39, 0.29) is 0 Å². The van der Waals surface area contributed by atoms with Gasteiger partial charge in [-0.2, -0.15) is 0 Å². The zero-order valence-corrected chi connectivity index (χ0v) is 71.2. The molecule has 0 fully saturated rings. The minimum Gasteiger partial charge on any atom is -0.223 e. The monoisotopic (exact) mass is 1640 g/mol. The van der Waals surface area contributed by atoms with Crippen LogP contribution < -0.4 is 111 Å². The summed E-state index contributed by atoms with van der Waals surface area (Å²) in [6, 6.07) is 181. The molecule has 1 aliphatic heterocycles. The fraction of sp³-hybridized carbons (Fsp3) is 0. The van der Waals surface area contributed by atoms with Crippen molar-refractivity contribution in [1.82, 2.24) is 0 Å². The summed E-state index contributed by atoms with van der Waals surface area (Å²) in [6.07, 6.45) is 0. The molecule has 558 valence electrons. The summed E-state index contributed by atoms with van der Waals surface area (Å²) >= 11 is 0. The molecule has 1 aliphatic rings. The van der Waals surface area contributed by atoms with Crippen LogP contribution in [-0.2, 0) is 0 Å². The predicted octanol–water partition coefficient (Wildman–Crippen LogP) is 20.0. The molecule has 19 aromatic carbocycles. The maximum absolute atomic E-state index is 7.22. The van der Waals surface area contributed by atoms with Gasteiger partial charge in [-0.25, -0.2) is 13.5 Å². The summed E-state index contributed by atoms with van der Waals surface area (Å²) in [5.41, 5.74) is 0. The third-order valence-electron chi connectivity index (χ3n) is 22.1. The Hall–Kier alpha value is -10.9. The molecule has 3 nitrogen and oxygen atoms in total. The summed E-state index contributed by atoms with van der Waals surface area (Å²) in [7, 11) is -16.0. The highest BCUT2D eigenvalue weighted by molar-refractivity contribution is 8.00. The number of hydrogen-bond acceptors (Lipinski definition) is 3. The van der Waals surface area contributed by atoms with E-state index in [9.17, 15) is 0 Å². The smallest absolute Gasteiger partial charge is 0.139 e. The van der Waals surface area contributed by atoms with Crippen LogP contribution in [0, 0.1) is 0 Å². The van der Waals surface area contributed by atoms with Gasteiger partial charge in [0.15, 0.2) is 0 Å². The molecule has 0 bridgehead atoms. The van der Waals surface area contributed by atoms with Crippen molar-refractivity contribution in [3.05, 3.63) is 479 Å². The second kappa shape index (κ2) is 33.2. The van der Waals surface area contributed by atoms with Gasteiger partial charge in [0, 0.05) is 31.8 Å². The average Bonchev–Trinajstić information content (AvgIpc) is 0.683. The van der Waals surface area contributed by atoms with E-state index in [0.29, 0.717) is 0 Å². The molecule has 1 atom stereocenters. The lowest BCUT2D eigenvalue weighted by Crippen LogP contribution is -2.28. The summed E-state index contributed by atoms with van der Waals surface area (Å²) in [4.78, 5) is 0. The van der Waals surface area contributed by atoms with E-state index in [1.165, 1.54) is 106 Å². The molecular formula is C106H79N3P8. The van der Waals surface area contributed by atoms with E-state index in [1.54, 1.807) is 0 Å². The minimum atomic E-state index is -3.68. The standard InChI is InChI=1S/C106H79N3P8/c1-11-34-83(35-12-1)110(84-36-13-2-14-37-84)93-58-68-98(69-59-93)115(99-70-60-94(61-71-99)111(85-38-15-3-16-39-85)86-40-17-4-18-41-86)107-116(100-72-62-95(63-73-100)112(87-42-19-5-20-43-87)88-44-21-6-22-45-88,101-74-64-96(65-75-101)113(89-46-23-7-24-47-89)90-48-25-8-26-49-90)109-117(108-115,104-79-57-82-55-54-80-32-31-33-81-56-78-103(104)106(82)105(80)81)102-76-66-97(67-77-102)114(91-50-27-9-28-51-91)92-52-29-10-30-53-92/h1-79H. The van der Waals surface area contributed by atoms with Crippen molar-refractivity contribution >= 4 is 205 Å². The number of rotatable bonds is 21. The molecule has 0 spiro atoms. The summed E-state index contributed by atoms with van der Waals surface area (Å²) in [6.45, 7) is 0. The average molecular weight is 1640 g/mol. The fourth-order valence-corrected chi connectivity index (χ4v) is 43.4. The summed E-state index contributed by atoms with van der Waals surface area (Å²) < 4.78 is 21.6. The third kappa shape index (κ3) is 14.4. The van der Waals surface area contributed by atoms with Crippen molar-refractivity contribution in [1.29, 1.82) is 0 Å². The van der Waals surface area contributed by atoms with Gasteiger partial charge in [0.25, 0.3) is 0 Å². The molecule has 1 heterocycles. The number of nitrogens with zero attached hydrogens (tertiary/aromatic N) is 3. The van der Waals surface area contributed by atoms with E-state index in [1.807, 2.05) is 0 Å². The van der Waals surface area contributed by atoms with E-state index in [4.69, 9.17) is 13.5 Å². The summed E-state index contributed by atoms with van der Waals surface area (Å²) in [5.74, 6) is 0. The molecule has 0 amide bonds.